The molecule has 3 N–H and O–H groups in total. The number of nitrogens with zero attached hydrogens (tertiary/aromatic N) is 1. The molecule has 1 aliphatic rings. The average Bonchev–Trinajstić information content (AvgIpc) is 3.13. The van der Waals surface area contributed by atoms with E-state index in [4.69, 9.17) is 15.7 Å². The Labute approximate surface area is 101 Å². The number of nitrogens with two attached hydrogens (primary N) is 1. The zero-order chi connectivity index (χ0) is 12.4. The molecular weight excluding hydrogens is 216 g/mol. The van der Waals surface area contributed by atoms with Gasteiger partial charge in [0.25, 0.3) is 0 Å². The van der Waals surface area contributed by atoms with E-state index in [0.717, 1.165) is 6.42 Å². The van der Waals surface area contributed by atoms with Gasteiger partial charge in [0.15, 0.2) is 11.5 Å². The van der Waals surface area contributed by atoms with Crippen LogP contribution < -0.4 is 10.5 Å². The Morgan fingerprint density at radius 3 is 2.82 bits per heavy atom. The van der Waals surface area contributed by atoms with Crippen LogP contribution in [0, 0.1) is 17.2 Å². The van der Waals surface area contributed by atoms with Crippen LogP contribution in [0.5, 0.6) is 11.5 Å². The third-order valence-corrected chi connectivity index (χ3v) is 3.14. The van der Waals surface area contributed by atoms with Crippen LogP contribution in [0.4, 0.5) is 0 Å². The van der Waals surface area contributed by atoms with Crippen LogP contribution in [0.3, 0.4) is 0 Å². The maximum absolute atomic E-state index is 10.00. The lowest BCUT2D eigenvalue weighted by molar-refractivity contribution is 0.367. The highest BCUT2D eigenvalue weighted by Gasteiger charge is 2.26. The van der Waals surface area contributed by atoms with Gasteiger partial charge in [-0.05, 0) is 18.4 Å². The number of phenolic OH excluding ortho intramolecular Hbond substituents is 1. The highest BCUT2D eigenvalue weighted by Crippen LogP contribution is 2.41. The quantitative estimate of drug-likeness (QED) is 0.832. The predicted molar refractivity (Wildman–Crippen MR) is 63.6 cm³/mol. The van der Waals surface area contributed by atoms with Crippen molar-refractivity contribution >= 4 is 0 Å². The maximum atomic E-state index is 10.00. The lowest BCUT2D eigenvalue weighted by atomic mass is 9.98. The summed E-state index contributed by atoms with van der Waals surface area (Å²) >= 11 is 0. The van der Waals surface area contributed by atoms with Gasteiger partial charge in [-0.15, -0.1) is 0 Å². The van der Waals surface area contributed by atoms with Gasteiger partial charge in [-0.3, -0.25) is 0 Å². The van der Waals surface area contributed by atoms with Crippen molar-refractivity contribution in [1.29, 1.82) is 5.26 Å². The number of hydrogen-bond acceptors (Lipinski definition) is 4. The number of nitriles is 1. The van der Waals surface area contributed by atoms with E-state index < -0.39 is 0 Å². The van der Waals surface area contributed by atoms with Crippen LogP contribution in [0.2, 0.25) is 0 Å². The lowest BCUT2D eigenvalue weighted by Crippen LogP contribution is -2.12. The van der Waals surface area contributed by atoms with E-state index in [0.29, 0.717) is 22.8 Å². The Morgan fingerprint density at radius 1 is 1.59 bits per heavy atom. The van der Waals surface area contributed by atoms with Crippen molar-refractivity contribution in [1.82, 2.24) is 0 Å². The van der Waals surface area contributed by atoms with Gasteiger partial charge >= 0.3 is 0 Å². The summed E-state index contributed by atoms with van der Waals surface area (Å²) < 4.78 is 5.04. The Balaban J connectivity index is 2.33. The molecule has 0 spiro atoms. The van der Waals surface area contributed by atoms with Gasteiger partial charge in [-0.1, -0.05) is 12.8 Å². The normalized spacial score (nSPS) is 16.3. The molecule has 0 amide bonds. The largest absolute Gasteiger partial charge is 0.504 e. The predicted octanol–water partition coefficient (Wildman–Crippen LogP) is 2.07. The minimum Gasteiger partial charge on any atom is -0.504 e. The van der Waals surface area contributed by atoms with Crippen LogP contribution in [0.15, 0.2) is 12.1 Å². The van der Waals surface area contributed by atoms with E-state index in [9.17, 15) is 5.11 Å². The first kappa shape index (κ1) is 11.7. The zero-order valence-corrected chi connectivity index (χ0v) is 9.81. The van der Waals surface area contributed by atoms with Crippen molar-refractivity contribution in [3.05, 3.63) is 23.3 Å². The standard InChI is InChI=1S/C13H16N2O2/c1-17-12-6-9(7-14)4-10(13(12)16)11(15)5-8-2-3-8/h4,6,8,11,16H,2-3,5,15H2,1H3/t11-/m1/s1. The summed E-state index contributed by atoms with van der Waals surface area (Å²) in [5.74, 6) is 1.03. The minimum absolute atomic E-state index is 0.0552. The summed E-state index contributed by atoms with van der Waals surface area (Å²) in [6.45, 7) is 0. The van der Waals surface area contributed by atoms with Gasteiger partial charge in [0.1, 0.15) is 0 Å². The molecule has 2 rings (SSSR count). The van der Waals surface area contributed by atoms with E-state index >= 15 is 0 Å². The Bertz CT molecular complexity index is 461. The van der Waals surface area contributed by atoms with Gasteiger partial charge in [0.05, 0.1) is 18.7 Å². The van der Waals surface area contributed by atoms with Crippen LogP contribution in [-0.2, 0) is 0 Å². The Kier molecular flexibility index (Phi) is 3.21. The molecule has 4 nitrogen and oxygen atoms in total. The van der Waals surface area contributed by atoms with Gasteiger partial charge in [-0.25, -0.2) is 0 Å². The molecule has 90 valence electrons. The van der Waals surface area contributed by atoms with Crippen molar-refractivity contribution in [3.8, 4) is 17.6 Å². The summed E-state index contributed by atoms with van der Waals surface area (Å²) in [5, 5.41) is 18.9. The Morgan fingerprint density at radius 2 is 2.29 bits per heavy atom. The van der Waals surface area contributed by atoms with Crippen molar-refractivity contribution < 1.29 is 9.84 Å². The molecule has 1 aromatic rings. The fourth-order valence-corrected chi connectivity index (χ4v) is 1.97. The van der Waals surface area contributed by atoms with Crippen LogP contribution in [0.25, 0.3) is 0 Å². The smallest absolute Gasteiger partial charge is 0.162 e. The third-order valence-electron chi connectivity index (χ3n) is 3.14. The topological polar surface area (TPSA) is 79.3 Å². The van der Waals surface area contributed by atoms with Crippen LogP contribution >= 0.6 is 0 Å². The van der Waals surface area contributed by atoms with Crippen molar-refractivity contribution in [3.63, 3.8) is 0 Å². The third kappa shape index (κ3) is 2.51. The number of rotatable bonds is 4. The van der Waals surface area contributed by atoms with Gasteiger partial charge in [0, 0.05) is 17.7 Å². The molecule has 0 unspecified atom stereocenters. The molecular formula is C13H16N2O2. The van der Waals surface area contributed by atoms with Crippen molar-refractivity contribution in [2.24, 2.45) is 11.7 Å². The minimum atomic E-state index is -0.232. The number of aromatic hydroxyl groups is 1. The second kappa shape index (κ2) is 4.64. The van der Waals surface area contributed by atoms with E-state index in [1.165, 1.54) is 26.0 Å². The molecule has 17 heavy (non-hydrogen) atoms. The summed E-state index contributed by atoms with van der Waals surface area (Å²) in [6.07, 6.45) is 3.28. The second-order valence-corrected chi connectivity index (χ2v) is 4.51. The maximum Gasteiger partial charge on any atom is 0.162 e. The van der Waals surface area contributed by atoms with E-state index in [1.807, 2.05) is 6.07 Å². The molecule has 1 saturated carbocycles. The molecule has 0 aliphatic heterocycles. The number of phenols is 1. The molecule has 0 heterocycles. The van der Waals surface area contributed by atoms with Gasteiger partial charge < -0.3 is 15.6 Å². The zero-order valence-electron chi connectivity index (χ0n) is 9.81. The molecule has 0 radical (unpaired) electrons. The number of hydrogen-bond donors (Lipinski definition) is 2. The SMILES string of the molecule is COc1cc(C#N)cc([C@H](N)CC2CC2)c1O. The van der Waals surface area contributed by atoms with E-state index in [-0.39, 0.29) is 11.8 Å². The average molecular weight is 232 g/mol. The highest BCUT2D eigenvalue weighted by molar-refractivity contribution is 5.52. The monoisotopic (exact) mass is 232 g/mol. The summed E-state index contributed by atoms with van der Waals surface area (Å²) in [6, 6.07) is 4.97. The van der Waals surface area contributed by atoms with Gasteiger partial charge in [-0.2, -0.15) is 5.26 Å². The molecule has 4 heteroatoms. The molecule has 1 aromatic carbocycles. The highest BCUT2D eigenvalue weighted by atomic mass is 16.5. The van der Waals surface area contributed by atoms with Crippen LogP contribution in [0.1, 0.15) is 36.4 Å². The lowest BCUT2D eigenvalue weighted by Gasteiger charge is -2.15. The molecule has 1 atom stereocenters. The van der Waals surface area contributed by atoms with E-state index in [1.54, 1.807) is 6.07 Å². The van der Waals surface area contributed by atoms with Crippen molar-refractivity contribution in [2.75, 3.05) is 7.11 Å². The van der Waals surface area contributed by atoms with Crippen LogP contribution in [-0.4, -0.2) is 12.2 Å². The molecule has 1 aliphatic carbocycles. The Hall–Kier alpha value is -1.73. The molecule has 1 fully saturated rings. The number of ether oxygens (including phenoxy) is 1. The van der Waals surface area contributed by atoms with Gasteiger partial charge in [0.2, 0.25) is 0 Å². The number of methoxy groups -OCH3 is 1. The number of benzene rings is 1. The summed E-state index contributed by atoms with van der Waals surface area (Å²) in [7, 11) is 1.46. The molecule has 0 aromatic heterocycles. The first-order chi connectivity index (χ1) is 8.15. The van der Waals surface area contributed by atoms with Crippen molar-refractivity contribution in [2.45, 2.75) is 25.3 Å². The first-order valence-corrected chi connectivity index (χ1v) is 5.72. The summed E-state index contributed by atoms with van der Waals surface area (Å²) in [5.41, 5.74) is 7.12. The van der Waals surface area contributed by atoms with E-state index in [2.05, 4.69) is 0 Å². The first-order valence-electron chi connectivity index (χ1n) is 5.72. The fraction of sp³-hybridized carbons (Fsp3) is 0.462. The summed E-state index contributed by atoms with van der Waals surface area (Å²) in [4.78, 5) is 0. The second-order valence-electron chi connectivity index (χ2n) is 4.51. The fourth-order valence-electron chi connectivity index (χ4n) is 1.97. The molecule has 0 bridgehead atoms. The molecule has 0 saturated heterocycles.